The SMILES string of the molecule is COc1cc(OC)c(C2C(C(N)=O)=C(C)Nc3ncnn32)cc1OC. The van der Waals surface area contributed by atoms with Gasteiger partial charge in [0.15, 0.2) is 11.5 Å². The summed E-state index contributed by atoms with van der Waals surface area (Å²) >= 11 is 0. The van der Waals surface area contributed by atoms with Crippen LogP contribution in [0.25, 0.3) is 0 Å². The normalized spacial score (nSPS) is 16.1. The summed E-state index contributed by atoms with van der Waals surface area (Å²) in [6.45, 7) is 1.76. The summed E-state index contributed by atoms with van der Waals surface area (Å²) in [6.07, 6.45) is 1.40. The number of nitrogens with two attached hydrogens (primary N) is 1. The fourth-order valence-corrected chi connectivity index (χ4v) is 2.96. The number of fused-ring (bicyclic) bond motifs is 1. The van der Waals surface area contributed by atoms with Crippen molar-refractivity contribution in [3.8, 4) is 17.2 Å². The van der Waals surface area contributed by atoms with Gasteiger partial charge in [-0.05, 0) is 13.0 Å². The molecular weight excluding hydrogens is 326 g/mol. The Morgan fingerprint density at radius 2 is 1.80 bits per heavy atom. The first-order chi connectivity index (χ1) is 12.0. The molecule has 9 heteroatoms. The van der Waals surface area contributed by atoms with Gasteiger partial charge in [-0.15, -0.1) is 0 Å². The number of methoxy groups -OCH3 is 3. The number of allylic oxidation sites excluding steroid dienone is 1. The van der Waals surface area contributed by atoms with E-state index in [9.17, 15) is 4.79 Å². The van der Waals surface area contributed by atoms with Gasteiger partial charge in [-0.25, -0.2) is 4.68 Å². The Labute approximate surface area is 144 Å². The number of rotatable bonds is 5. The van der Waals surface area contributed by atoms with Crippen molar-refractivity contribution < 1.29 is 19.0 Å². The van der Waals surface area contributed by atoms with Gasteiger partial charge in [-0.1, -0.05) is 0 Å². The molecular formula is C16H19N5O4. The van der Waals surface area contributed by atoms with Crippen LogP contribution in [-0.4, -0.2) is 42.0 Å². The molecule has 25 heavy (non-hydrogen) atoms. The van der Waals surface area contributed by atoms with Crippen molar-refractivity contribution in [2.45, 2.75) is 13.0 Å². The number of ether oxygens (including phenoxy) is 3. The fraction of sp³-hybridized carbons (Fsp3) is 0.312. The van der Waals surface area contributed by atoms with E-state index >= 15 is 0 Å². The lowest BCUT2D eigenvalue weighted by atomic mass is 9.94. The van der Waals surface area contributed by atoms with Crippen LogP contribution in [0.5, 0.6) is 17.2 Å². The minimum Gasteiger partial charge on any atom is -0.496 e. The molecule has 1 aliphatic rings. The first-order valence-corrected chi connectivity index (χ1v) is 7.48. The Hall–Kier alpha value is -3.23. The predicted molar refractivity (Wildman–Crippen MR) is 89.8 cm³/mol. The van der Waals surface area contributed by atoms with Gasteiger partial charge >= 0.3 is 0 Å². The van der Waals surface area contributed by atoms with Crippen molar-refractivity contribution >= 4 is 11.9 Å². The molecule has 132 valence electrons. The number of nitrogens with zero attached hydrogens (tertiary/aromatic N) is 3. The van der Waals surface area contributed by atoms with E-state index in [0.717, 1.165) is 0 Å². The molecule has 1 amide bonds. The molecule has 3 rings (SSSR count). The Morgan fingerprint density at radius 3 is 2.40 bits per heavy atom. The summed E-state index contributed by atoms with van der Waals surface area (Å²) in [4.78, 5) is 16.3. The summed E-state index contributed by atoms with van der Waals surface area (Å²) in [6, 6.07) is 2.84. The second kappa shape index (κ2) is 6.34. The number of hydrogen-bond donors (Lipinski definition) is 2. The molecule has 0 spiro atoms. The molecule has 0 saturated carbocycles. The van der Waals surface area contributed by atoms with Gasteiger partial charge in [-0.3, -0.25) is 4.79 Å². The standard InChI is InChI=1S/C16H19N5O4/c1-8-13(15(17)22)14(21-16(20-8)18-7-19-21)9-5-11(24-3)12(25-4)6-10(9)23-2/h5-7,14H,1-4H3,(H2,17,22)(H,18,19,20). The highest BCUT2D eigenvalue weighted by Crippen LogP contribution is 2.43. The largest absolute Gasteiger partial charge is 0.496 e. The number of nitrogens with one attached hydrogen (secondary N) is 1. The van der Waals surface area contributed by atoms with E-state index in [4.69, 9.17) is 19.9 Å². The summed E-state index contributed by atoms with van der Waals surface area (Å²) in [5.41, 5.74) is 7.26. The minimum atomic E-state index is -0.606. The average Bonchev–Trinajstić information content (AvgIpc) is 3.06. The van der Waals surface area contributed by atoms with Gasteiger partial charge in [0, 0.05) is 17.3 Å². The second-order valence-corrected chi connectivity index (χ2v) is 5.41. The summed E-state index contributed by atoms with van der Waals surface area (Å²) < 4.78 is 17.8. The van der Waals surface area contributed by atoms with Crippen LogP contribution < -0.4 is 25.3 Å². The number of primary amides is 1. The van der Waals surface area contributed by atoms with Gasteiger partial charge in [-0.2, -0.15) is 10.1 Å². The first kappa shape index (κ1) is 16.6. The second-order valence-electron chi connectivity index (χ2n) is 5.41. The first-order valence-electron chi connectivity index (χ1n) is 7.48. The molecule has 1 aromatic heterocycles. The summed E-state index contributed by atoms with van der Waals surface area (Å²) in [5.74, 6) is 1.46. The number of hydrogen-bond acceptors (Lipinski definition) is 7. The Kier molecular flexibility index (Phi) is 4.22. The van der Waals surface area contributed by atoms with E-state index in [1.54, 1.807) is 23.7 Å². The monoisotopic (exact) mass is 345 g/mol. The summed E-state index contributed by atoms with van der Waals surface area (Å²) in [7, 11) is 4.61. The van der Waals surface area contributed by atoms with Gasteiger partial charge in [0.25, 0.3) is 0 Å². The number of aromatic nitrogens is 3. The molecule has 0 bridgehead atoms. The van der Waals surface area contributed by atoms with Crippen molar-refractivity contribution in [3.05, 3.63) is 35.3 Å². The van der Waals surface area contributed by atoms with Crippen molar-refractivity contribution in [1.29, 1.82) is 0 Å². The number of carbonyl (C=O) groups is 1. The summed E-state index contributed by atoms with van der Waals surface area (Å²) in [5, 5.41) is 7.26. The van der Waals surface area contributed by atoms with E-state index in [-0.39, 0.29) is 0 Å². The Bertz CT molecular complexity index is 858. The third-order valence-corrected chi connectivity index (χ3v) is 4.09. The number of benzene rings is 1. The molecule has 1 aromatic carbocycles. The van der Waals surface area contributed by atoms with Crippen LogP contribution in [-0.2, 0) is 4.79 Å². The van der Waals surface area contributed by atoms with E-state index < -0.39 is 11.9 Å². The Balaban J connectivity index is 2.28. The lowest BCUT2D eigenvalue weighted by Gasteiger charge is -2.29. The molecule has 3 N–H and O–H groups in total. The molecule has 1 atom stereocenters. The van der Waals surface area contributed by atoms with E-state index in [0.29, 0.717) is 40.0 Å². The van der Waals surface area contributed by atoms with Crippen LogP contribution in [0.15, 0.2) is 29.7 Å². The van der Waals surface area contributed by atoms with E-state index in [2.05, 4.69) is 15.4 Å². The van der Waals surface area contributed by atoms with Gasteiger partial charge in [0.05, 0.1) is 26.9 Å². The molecule has 2 aromatic rings. The average molecular weight is 345 g/mol. The molecule has 0 saturated heterocycles. The van der Waals surface area contributed by atoms with Crippen LogP contribution in [0.2, 0.25) is 0 Å². The highest BCUT2D eigenvalue weighted by atomic mass is 16.5. The van der Waals surface area contributed by atoms with Gasteiger partial charge in [0.1, 0.15) is 18.1 Å². The van der Waals surface area contributed by atoms with E-state index in [1.807, 2.05) is 0 Å². The quantitative estimate of drug-likeness (QED) is 0.833. The smallest absolute Gasteiger partial charge is 0.248 e. The molecule has 1 unspecified atom stereocenters. The molecule has 0 aliphatic carbocycles. The maximum Gasteiger partial charge on any atom is 0.248 e. The maximum atomic E-state index is 12.1. The van der Waals surface area contributed by atoms with Crippen LogP contribution in [0.1, 0.15) is 18.5 Å². The third kappa shape index (κ3) is 2.63. The maximum absolute atomic E-state index is 12.1. The zero-order chi connectivity index (χ0) is 18.1. The van der Waals surface area contributed by atoms with Crippen LogP contribution in [0, 0.1) is 0 Å². The van der Waals surface area contributed by atoms with Crippen LogP contribution in [0.4, 0.5) is 5.95 Å². The highest BCUT2D eigenvalue weighted by Gasteiger charge is 2.35. The van der Waals surface area contributed by atoms with Crippen LogP contribution in [0.3, 0.4) is 0 Å². The van der Waals surface area contributed by atoms with Gasteiger partial charge in [0.2, 0.25) is 11.9 Å². The number of carbonyl (C=O) groups excluding carboxylic acids is 1. The van der Waals surface area contributed by atoms with Crippen molar-refractivity contribution in [1.82, 2.24) is 14.8 Å². The fourth-order valence-electron chi connectivity index (χ4n) is 2.96. The predicted octanol–water partition coefficient (Wildman–Crippen LogP) is 1.08. The zero-order valence-electron chi connectivity index (χ0n) is 14.4. The lowest BCUT2D eigenvalue weighted by Crippen LogP contribution is -2.32. The third-order valence-electron chi connectivity index (χ3n) is 4.09. The Morgan fingerprint density at radius 1 is 1.16 bits per heavy atom. The molecule has 0 fully saturated rings. The zero-order valence-corrected chi connectivity index (χ0v) is 14.4. The topological polar surface area (TPSA) is 114 Å². The lowest BCUT2D eigenvalue weighted by molar-refractivity contribution is -0.115. The molecule has 1 aliphatic heterocycles. The van der Waals surface area contributed by atoms with Gasteiger partial charge < -0.3 is 25.3 Å². The van der Waals surface area contributed by atoms with Crippen LogP contribution >= 0.6 is 0 Å². The highest BCUT2D eigenvalue weighted by molar-refractivity contribution is 5.95. The number of anilines is 1. The van der Waals surface area contributed by atoms with Crippen molar-refractivity contribution in [2.75, 3.05) is 26.6 Å². The molecule has 2 heterocycles. The molecule has 0 radical (unpaired) electrons. The van der Waals surface area contributed by atoms with E-state index in [1.165, 1.54) is 27.7 Å². The minimum absolute atomic E-state index is 0.364. The van der Waals surface area contributed by atoms with Crippen molar-refractivity contribution in [3.63, 3.8) is 0 Å². The molecule has 9 nitrogen and oxygen atoms in total. The van der Waals surface area contributed by atoms with Crippen molar-refractivity contribution in [2.24, 2.45) is 5.73 Å². The number of amides is 1.